The van der Waals surface area contributed by atoms with Crippen LogP contribution < -0.4 is 4.74 Å². The Hall–Kier alpha value is -1.79. The second-order valence-electron chi connectivity index (χ2n) is 2.56. The third-order valence-electron chi connectivity index (χ3n) is 1.61. The van der Waals surface area contributed by atoms with E-state index in [4.69, 9.17) is 0 Å². The zero-order valence-electron chi connectivity index (χ0n) is 7.46. The lowest BCUT2D eigenvalue weighted by Crippen LogP contribution is -2.06. The second kappa shape index (κ2) is 3.76. The van der Waals surface area contributed by atoms with Gasteiger partial charge in [-0.15, -0.1) is 0 Å². The van der Waals surface area contributed by atoms with Crippen molar-refractivity contribution in [1.29, 1.82) is 0 Å². The van der Waals surface area contributed by atoms with Gasteiger partial charge in [0.1, 0.15) is 0 Å². The van der Waals surface area contributed by atoms with Crippen molar-refractivity contribution in [3.8, 4) is 5.75 Å². The van der Waals surface area contributed by atoms with Crippen LogP contribution in [0.3, 0.4) is 0 Å². The van der Waals surface area contributed by atoms with Crippen molar-refractivity contribution in [2.45, 2.75) is 6.18 Å². The average Bonchev–Trinajstić information content (AvgIpc) is 2.15. The van der Waals surface area contributed by atoms with Gasteiger partial charge in [-0.3, -0.25) is 10.1 Å². The largest absolute Gasteiger partial charge is 0.490 e. The summed E-state index contributed by atoms with van der Waals surface area (Å²) in [4.78, 5) is 9.46. The first kappa shape index (κ1) is 11.3. The van der Waals surface area contributed by atoms with Gasteiger partial charge < -0.3 is 4.74 Å². The number of hydrogen-bond donors (Lipinski definition) is 0. The molecular weight excluding hydrogens is 215 g/mol. The summed E-state index contributed by atoms with van der Waals surface area (Å²) >= 11 is 0. The van der Waals surface area contributed by atoms with Gasteiger partial charge in [-0.1, -0.05) is 0 Å². The number of rotatable bonds is 2. The van der Waals surface area contributed by atoms with Crippen molar-refractivity contribution >= 4 is 5.69 Å². The first-order valence-corrected chi connectivity index (χ1v) is 3.67. The lowest BCUT2D eigenvalue weighted by molar-refractivity contribution is -0.386. The molecule has 7 heteroatoms. The Morgan fingerprint density at radius 1 is 1.53 bits per heavy atom. The summed E-state index contributed by atoms with van der Waals surface area (Å²) in [5.41, 5.74) is -1.93. The highest BCUT2D eigenvalue weighted by atomic mass is 19.4. The maximum Gasteiger partial charge on any atom is 0.417 e. The van der Waals surface area contributed by atoms with Crippen LogP contribution in [-0.4, -0.2) is 12.0 Å². The molecule has 1 radical (unpaired) electrons. The van der Waals surface area contributed by atoms with Crippen LogP contribution in [0.25, 0.3) is 0 Å². The molecule has 15 heavy (non-hydrogen) atoms. The van der Waals surface area contributed by atoms with Crippen LogP contribution in [0.1, 0.15) is 5.56 Å². The molecule has 0 spiro atoms. The van der Waals surface area contributed by atoms with E-state index in [1.54, 1.807) is 0 Å². The smallest absolute Gasteiger partial charge is 0.417 e. The molecule has 81 valence electrons. The van der Waals surface area contributed by atoms with Gasteiger partial charge in [0, 0.05) is 6.07 Å². The average molecular weight is 220 g/mol. The summed E-state index contributed by atoms with van der Waals surface area (Å²) in [6, 6.07) is 3.05. The van der Waals surface area contributed by atoms with Gasteiger partial charge in [-0.25, -0.2) is 0 Å². The molecule has 1 rings (SSSR count). The predicted molar refractivity (Wildman–Crippen MR) is 43.5 cm³/mol. The SMILES string of the molecule is COc1c[c]c(C(F)(F)F)cc1[N+](=O)[O-]. The highest BCUT2D eigenvalue weighted by Gasteiger charge is 2.33. The summed E-state index contributed by atoms with van der Waals surface area (Å²) in [5, 5.41) is 10.4. The number of ether oxygens (including phenoxy) is 1. The van der Waals surface area contributed by atoms with E-state index in [1.807, 2.05) is 6.07 Å². The predicted octanol–water partition coefficient (Wildman–Crippen LogP) is 2.42. The molecule has 0 aromatic heterocycles. The monoisotopic (exact) mass is 220 g/mol. The molecule has 1 aromatic rings. The van der Waals surface area contributed by atoms with Gasteiger partial charge in [0.15, 0.2) is 5.75 Å². The molecule has 0 bridgehead atoms. The Bertz CT molecular complexity index is 389. The van der Waals surface area contributed by atoms with Gasteiger partial charge in [0.2, 0.25) is 0 Å². The van der Waals surface area contributed by atoms with Crippen LogP contribution in [0.4, 0.5) is 18.9 Å². The maximum absolute atomic E-state index is 12.2. The Kier molecular flexibility index (Phi) is 2.83. The molecule has 0 N–H and O–H groups in total. The Morgan fingerprint density at radius 3 is 2.53 bits per heavy atom. The van der Waals surface area contributed by atoms with Crippen molar-refractivity contribution in [1.82, 2.24) is 0 Å². The summed E-state index contributed by atoms with van der Waals surface area (Å²) in [6.07, 6.45) is -4.66. The van der Waals surface area contributed by atoms with Crippen molar-refractivity contribution < 1.29 is 22.8 Å². The summed E-state index contributed by atoms with van der Waals surface area (Å²) < 4.78 is 41.1. The molecule has 0 aliphatic rings. The van der Waals surface area contributed by atoms with E-state index >= 15 is 0 Å². The molecule has 0 amide bonds. The number of nitro groups is 1. The molecule has 1 aromatic carbocycles. The highest BCUT2D eigenvalue weighted by molar-refractivity contribution is 5.48. The molecule has 0 fully saturated rings. The van der Waals surface area contributed by atoms with Crippen LogP contribution in [-0.2, 0) is 6.18 Å². The first-order valence-electron chi connectivity index (χ1n) is 3.67. The number of nitro benzene ring substituents is 1. The number of methoxy groups -OCH3 is 1. The van der Waals surface area contributed by atoms with Crippen molar-refractivity contribution in [2.24, 2.45) is 0 Å². The molecule has 0 saturated carbocycles. The fourth-order valence-corrected chi connectivity index (χ4v) is 0.937. The lowest BCUT2D eigenvalue weighted by Gasteiger charge is -2.07. The molecule has 0 atom stereocenters. The quantitative estimate of drug-likeness (QED) is 0.568. The minimum Gasteiger partial charge on any atom is -0.490 e. The molecule has 0 heterocycles. The third-order valence-corrected chi connectivity index (χ3v) is 1.61. The number of halogens is 3. The Morgan fingerprint density at radius 2 is 2.13 bits per heavy atom. The van der Waals surface area contributed by atoms with Crippen molar-refractivity contribution in [3.05, 3.63) is 33.9 Å². The summed E-state index contributed by atoms with van der Waals surface area (Å²) in [5.74, 6) is -0.256. The van der Waals surface area contributed by atoms with Crippen molar-refractivity contribution in [2.75, 3.05) is 7.11 Å². The van der Waals surface area contributed by atoms with Crippen LogP contribution in [0.15, 0.2) is 12.1 Å². The number of hydrogen-bond acceptors (Lipinski definition) is 3. The second-order valence-corrected chi connectivity index (χ2v) is 2.56. The molecular formula is C8H5F3NO3. The van der Waals surface area contributed by atoms with E-state index in [1.165, 1.54) is 0 Å². The van der Waals surface area contributed by atoms with Crippen LogP contribution in [0.2, 0.25) is 0 Å². The lowest BCUT2D eigenvalue weighted by atomic mass is 10.2. The minimum absolute atomic E-state index is 0.256. The van der Waals surface area contributed by atoms with E-state index in [0.29, 0.717) is 6.07 Å². The summed E-state index contributed by atoms with van der Waals surface area (Å²) in [7, 11) is 1.13. The zero-order valence-corrected chi connectivity index (χ0v) is 7.46. The van der Waals surface area contributed by atoms with Gasteiger partial charge in [-0.2, -0.15) is 13.2 Å². The number of nitrogens with zero attached hydrogens (tertiary/aromatic N) is 1. The zero-order chi connectivity index (χ0) is 11.6. The third kappa shape index (κ3) is 2.36. The molecule has 0 aliphatic carbocycles. The molecule has 0 saturated heterocycles. The fraction of sp³-hybridized carbons (Fsp3) is 0.250. The number of benzene rings is 1. The Balaban J connectivity index is 3.28. The van der Waals surface area contributed by atoms with E-state index in [-0.39, 0.29) is 5.75 Å². The minimum atomic E-state index is -4.66. The van der Waals surface area contributed by atoms with Gasteiger partial charge in [0.25, 0.3) is 0 Å². The molecule has 4 nitrogen and oxygen atoms in total. The normalized spacial score (nSPS) is 11.2. The van der Waals surface area contributed by atoms with Crippen LogP contribution in [0, 0.1) is 16.2 Å². The summed E-state index contributed by atoms with van der Waals surface area (Å²) in [6.45, 7) is 0. The highest BCUT2D eigenvalue weighted by Crippen LogP contribution is 2.35. The van der Waals surface area contributed by atoms with E-state index in [9.17, 15) is 23.3 Å². The van der Waals surface area contributed by atoms with E-state index in [2.05, 4.69) is 4.74 Å². The standard InChI is InChI=1S/C8H5F3NO3/c1-15-7-3-2-5(8(9,10)11)4-6(7)12(13)14/h3-4H,1H3. The molecule has 0 aliphatic heterocycles. The topological polar surface area (TPSA) is 52.4 Å². The fourth-order valence-electron chi connectivity index (χ4n) is 0.937. The van der Waals surface area contributed by atoms with E-state index < -0.39 is 22.4 Å². The number of alkyl halides is 3. The Labute approximate surface area is 82.4 Å². The van der Waals surface area contributed by atoms with Crippen molar-refractivity contribution in [3.63, 3.8) is 0 Å². The van der Waals surface area contributed by atoms with Gasteiger partial charge in [0.05, 0.1) is 17.6 Å². The van der Waals surface area contributed by atoms with Crippen LogP contribution in [0.5, 0.6) is 5.75 Å². The van der Waals surface area contributed by atoms with Gasteiger partial charge in [-0.05, 0) is 12.1 Å². The maximum atomic E-state index is 12.2. The van der Waals surface area contributed by atoms with E-state index in [0.717, 1.165) is 13.2 Å². The molecule has 0 unspecified atom stereocenters. The first-order chi connectivity index (χ1) is 6.86. The van der Waals surface area contributed by atoms with Gasteiger partial charge >= 0.3 is 11.9 Å². The van der Waals surface area contributed by atoms with Crippen LogP contribution >= 0.6 is 0 Å².